The van der Waals surface area contributed by atoms with Crippen LogP contribution in [0, 0.1) is 0 Å². The minimum atomic E-state index is -3.82. The third kappa shape index (κ3) is 3.84. The molecule has 3 aromatic carbocycles. The molecular formula is C28H24N2O4S. The number of ether oxygens (including phenoxy) is 2. The average Bonchev–Trinajstić information content (AvgIpc) is 3.31. The van der Waals surface area contributed by atoms with Gasteiger partial charge in [0, 0.05) is 28.7 Å². The fourth-order valence-corrected chi connectivity index (χ4v) is 6.11. The second-order valence-electron chi connectivity index (χ2n) is 8.07. The summed E-state index contributed by atoms with van der Waals surface area (Å²) in [5, 5.41) is 0.697. The Kier molecular flexibility index (Phi) is 5.78. The molecule has 0 radical (unpaired) electrons. The molecule has 0 aliphatic carbocycles. The Morgan fingerprint density at radius 2 is 1.63 bits per heavy atom. The third-order valence-corrected chi connectivity index (χ3v) is 8.13. The molecule has 176 valence electrons. The van der Waals surface area contributed by atoms with Crippen molar-refractivity contribution in [3.8, 4) is 22.6 Å². The number of hydrogen-bond donors (Lipinski definition) is 0. The third-order valence-electron chi connectivity index (χ3n) is 6.13. The van der Waals surface area contributed by atoms with Crippen LogP contribution in [0.1, 0.15) is 5.37 Å². The number of benzene rings is 3. The first-order valence-corrected chi connectivity index (χ1v) is 12.6. The molecule has 2 heterocycles. The normalized spacial score (nSPS) is 12.5. The van der Waals surface area contributed by atoms with Crippen LogP contribution in [-0.4, -0.2) is 32.2 Å². The number of nitrogens with zero attached hydrogens (tertiary/aromatic N) is 2. The minimum absolute atomic E-state index is 0.185. The number of aromatic nitrogens is 2. The highest BCUT2D eigenvalue weighted by molar-refractivity contribution is 7.91. The van der Waals surface area contributed by atoms with E-state index in [0.29, 0.717) is 17.0 Å². The van der Waals surface area contributed by atoms with Crippen molar-refractivity contribution in [2.45, 2.75) is 10.3 Å². The van der Waals surface area contributed by atoms with Gasteiger partial charge in [-0.25, -0.2) is 8.42 Å². The minimum Gasteiger partial charge on any atom is -0.493 e. The summed E-state index contributed by atoms with van der Waals surface area (Å²) in [4.78, 5) is 4.52. The standard InChI is InChI=1S/C28H24N2O4S/c1-4-27(35(31,32)26-9-5-7-19-8-6-15-29-28(19)26)30-16-14-22-17-20(10-12-23(22)30)21-11-13-24(33-2)25(18-21)34-3/h4-18,27H,1H2,2-3H3. The monoisotopic (exact) mass is 484 g/mol. The van der Waals surface area contributed by atoms with E-state index in [1.807, 2.05) is 54.6 Å². The van der Waals surface area contributed by atoms with Gasteiger partial charge in [-0.2, -0.15) is 0 Å². The number of fused-ring (bicyclic) bond motifs is 2. The summed E-state index contributed by atoms with van der Waals surface area (Å²) in [6.45, 7) is 3.85. The molecule has 6 nitrogen and oxygen atoms in total. The lowest BCUT2D eigenvalue weighted by Gasteiger charge is -2.18. The number of rotatable bonds is 7. The molecule has 5 aromatic rings. The highest BCUT2D eigenvalue weighted by atomic mass is 32.2. The van der Waals surface area contributed by atoms with Crippen LogP contribution in [0.4, 0.5) is 0 Å². The lowest BCUT2D eigenvalue weighted by Crippen LogP contribution is -2.18. The van der Waals surface area contributed by atoms with Crippen molar-refractivity contribution in [1.82, 2.24) is 9.55 Å². The molecule has 0 aliphatic heterocycles. The van der Waals surface area contributed by atoms with E-state index < -0.39 is 15.2 Å². The first kappa shape index (κ1) is 22.7. The highest BCUT2D eigenvalue weighted by Gasteiger charge is 2.29. The zero-order chi connectivity index (χ0) is 24.6. The highest BCUT2D eigenvalue weighted by Crippen LogP contribution is 2.36. The Labute approximate surface area is 204 Å². The van der Waals surface area contributed by atoms with Crippen molar-refractivity contribution in [2.75, 3.05) is 14.2 Å². The van der Waals surface area contributed by atoms with Crippen molar-refractivity contribution >= 4 is 31.6 Å². The van der Waals surface area contributed by atoms with Gasteiger partial charge >= 0.3 is 0 Å². The first-order chi connectivity index (χ1) is 17.0. The zero-order valence-electron chi connectivity index (χ0n) is 19.4. The van der Waals surface area contributed by atoms with Crippen LogP contribution < -0.4 is 9.47 Å². The van der Waals surface area contributed by atoms with E-state index in [4.69, 9.17) is 9.47 Å². The summed E-state index contributed by atoms with van der Waals surface area (Å²) >= 11 is 0. The number of methoxy groups -OCH3 is 2. The van der Waals surface area contributed by atoms with Gasteiger partial charge in [-0.1, -0.05) is 43.0 Å². The molecule has 0 spiro atoms. The van der Waals surface area contributed by atoms with E-state index in [0.717, 1.165) is 27.4 Å². The number of hydrogen-bond acceptors (Lipinski definition) is 5. The van der Waals surface area contributed by atoms with Gasteiger partial charge in [-0.15, -0.1) is 0 Å². The zero-order valence-corrected chi connectivity index (χ0v) is 20.2. The quantitative estimate of drug-likeness (QED) is 0.264. The van der Waals surface area contributed by atoms with E-state index in [2.05, 4.69) is 11.6 Å². The van der Waals surface area contributed by atoms with Crippen molar-refractivity contribution in [2.24, 2.45) is 0 Å². The van der Waals surface area contributed by atoms with Gasteiger partial charge in [0.1, 0.15) is 0 Å². The Balaban J connectivity index is 1.58. The summed E-state index contributed by atoms with van der Waals surface area (Å²) in [6.07, 6.45) is 4.84. The summed E-state index contributed by atoms with van der Waals surface area (Å²) in [5.41, 5.74) is 3.18. The molecule has 35 heavy (non-hydrogen) atoms. The van der Waals surface area contributed by atoms with Gasteiger partial charge in [-0.3, -0.25) is 4.98 Å². The molecule has 0 bridgehead atoms. The fourth-order valence-electron chi connectivity index (χ4n) is 4.41. The maximum Gasteiger partial charge on any atom is 0.205 e. The summed E-state index contributed by atoms with van der Waals surface area (Å²) < 4.78 is 40.1. The maximum atomic E-state index is 13.8. The van der Waals surface area contributed by atoms with Crippen LogP contribution in [0.3, 0.4) is 0 Å². The molecule has 5 rings (SSSR count). The van der Waals surface area contributed by atoms with E-state index in [1.165, 1.54) is 6.08 Å². The van der Waals surface area contributed by atoms with Crippen LogP contribution in [-0.2, 0) is 9.84 Å². The Bertz CT molecular complexity index is 1670. The van der Waals surface area contributed by atoms with E-state index >= 15 is 0 Å². The topological polar surface area (TPSA) is 70.4 Å². The molecule has 0 saturated heterocycles. The van der Waals surface area contributed by atoms with Gasteiger partial charge in [0.05, 0.1) is 24.6 Å². The lowest BCUT2D eigenvalue weighted by molar-refractivity contribution is 0.355. The smallest absolute Gasteiger partial charge is 0.205 e. The van der Waals surface area contributed by atoms with Crippen LogP contribution in [0.15, 0.2) is 103 Å². The van der Waals surface area contributed by atoms with Gasteiger partial charge in [0.2, 0.25) is 9.84 Å². The predicted molar refractivity (Wildman–Crippen MR) is 139 cm³/mol. The Hall–Kier alpha value is -4.10. The molecule has 1 atom stereocenters. The second-order valence-corrected chi connectivity index (χ2v) is 10.1. The second kappa shape index (κ2) is 8.92. The largest absolute Gasteiger partial charge is 0.493 e. The maximum absolute atomic E-state index is 13.8. The molecule has 0 saturated carbocycles. The van der Waals surface area contributed by atoms with E-state index in [9.17, 15) is 8.42 Å². The van der Waals surface area contributed by atoms with E-state index in [-0.39, 0.29) is 4.90 Å². The average molecular weight is 485 g/mol. The Morgan fingerprint density at radius 3 is 2.40 bits per heavy atom. The summed E-state index contributed by atoms with van der Waals surface area (Å²) in [5.74, 6) is 1.30. The van der Waals surface area contributed by atoms with Gasteiger partial charge in [0.15, 0.2) is 16.9 Å². The van der Waals surface area contributed by atoms with Crippen molar-refractivity contribution in [3.05, 3.63) is 97.8 Å². The fraction of sp³-hybridized carbons (Fsp3) is 0.107. The summed E-state index contributed by atoms with van der Waals surface area (Å²) in [7, 11) is -0.614. The molecule has 0 fully saturated rings. The first-order valence-electron chi connectivity index (χ1n) is 11.0. The Morgan fingerprint density at radius 1 is 0.886 bits per heavy atom. The number of sulfone groups is 1. The molecule has 0 aliphatic rings. The van der Waals surface area contributed by atoms with Crippen molar-refractivity contribution in [3.63, 3.8) is 0 Å². The van der Waals surface area contributed by atoms with Crippen molar-refractivity contribution < 1.29 is 17.9 Å². The predicted octanol–water partition coefficient (Wildman–Crippen LogP) is 6.03. The molecular weight excluding hydrogens is 460 g/mol. The van der Waals surface area contributed by atoms with Crippen molar-refractivity contribution in [1.29, 1.82) is 0 Å². The summed E-state index contributed by atoms with van der Waals surface area (Å²) in [6, 6.07) is 22.4. The SMILES string of the molecule is C=CC(n1ccc2cc(-c3ccc(OC)c(OC)c3)ccc21)S(=O)(=O)c1cccc2cccnc12. The van der Waals surface area contributed by atoms with Gasteiger partial charge in [-0.05, 0) is 53.6 Å². The number of pyridine rings is 1. The van der Waals surface area contributed by atoms with Gasteiger partial charge in [0.25, 0.3) is 0 Å². The molecule has 0 N–H and O–H groups in total. The molecule has 7 heteroatoms. The molecule has 1 unspecified atom stereocenters. The molecule has 0 amide bonds. The van der Waals surface area contributed by atoms with Crippen LogP contribution >= 0.6 is 0 Å². The number of para-hydroxylation sites is 1. The lowest BCUT2D eigenvalue weighted by atomic mass is 10.0. The van der Waals surface area contributed by atoms with Crippen LogP contribution in [0.5, 0.6) is 11.5 Å². The van der Waals surface area contributed by atoms with Crippen LogP contribution in [0.25, 0.3) is 32.9 Å². The van der Waals surface area contributed by atoms with Gasteiger partial charge < -0.3 is 14.0 Å². The molecule has 2 aromatic heterocycles. The van der Waals surface area contributed by atoms with E-state index in [1.54, 1.807) is 49.4 Å². The van der Waals surface area contributed by atoms with Crippen LogP contribution in [0.2, 0.25) is 0 Å².